The first-order valence-electron chi connectivity index (χ1n) is 14.6. The van der Waals surface area contributed by atoms with Gasteiger partial charge in [0.2, 0.25) is 0 Å². The zero-order valence-corrected chi connectivity index (χ0v) is 26.6. The zero-order valence-electron chi connectivity index (χ0n) is 25.7. The minimum Gasteiger partial charge on any atom is -0.424 e. The van der Waals surface area contributed by atoms with Gasteiger partial charge in [0.05, 0.1) is 10.9 Å². The molecule has 6 aromatic rings. The highest BCUT2D eigenvalue weighted by Gasteiger charge is 2.39. The van der Waals surface area contributed by atoms with Gasteiger partial charge in [-0.05, 0) is 80.8 Å². The number of hydrogen-bond acceptors (Lipinski definition) is 6. The molecule has 0 bridgehead atoms. The number of nitrogens with zero attached hydrogens (tertiary/aromatic N) is 3. The van der Waals surface area contributed by atoms with Crippen LogP contribution in [0.2, 0.25) is 0 Å². The van der Waals surface area contributed by atoms with E-state index in [9.17, 15) is 0 Å². The summed E-state index contributed by atoms with van der Waals surface area (Å²) in [6.07, 6.45) is 0. The molecule has 0 spiro atoms. The Hall–Kier alpha value is -5.20. The van der Waals surface area contributed by atoms with Crippen LogP contribution in [-0.2, 0) is 4.57 Å². The molecular weight excluding hydrogens is 603 g/mol. The van der Waals surface area contributed by atoms with E-state index in [0.717, 1.165) is 17.2 Å². The first kappa shape index (κ1) is 30.8. The Morgan fingerprint density at radius 3 is 1.80 bits per heavy atom. The molecule has 1 aromatic heterocycles. The predicted octanol–water partition coefficient (Wildman–Crippen LogP) is 8.27. The number of para-hydroxylation sites is 2. The Morgan fingerprint density at radius 1 is 0.609 bits per heavy atom. The molecule has 6 rings (SSSR count). The van der Waals surface area contributed by atoms with E-state index in [1.54, 1.807) is 79.7 Å². The average molecular weight is 634 g/mol. The van der Waals surface area contributed by atoms with Crippen molar-refractivity contribution in [3.8, 4) is 34.9 Å². The van der Waals surface area contributed by atoms with E-state index >= 15 is 13.3 Å². The molecule has 0 aliphatic heterocycles. The van der Waals surface area contributed by atoms with Gasteiger partial charge in [-0.1, -0.05) is 78.4 Å². The van der Waals surface area contributed by atoms with Gasteiger partial charge in [0, 0.05) is 10.6 Å². The molecule has 0 aliphatic carbocycles. The minimum absolute atomic E-state index is 0.167. The molecule has 46 heavy (non-hydrogen) atoms. The summed E-state index contributed by atoms with van der Waals surface area (Å²) in [6.45, 7) is 7.40. The van der Waals surface area contributed by atoms with E-state index < -0.39 is 24.1 Å². The zero-order chi connectivity index (χ0) is 32.4. The number of aromatic nitrogens is 3. The molecule has 1 atom stereocenters. The summed E-state index contributed by atoms with van der Waals surface area (Å²) in [5.74, 6) is -1.31. The molecule has 5 aromatic carbocycles. The Kier molecular flexibility index (Phi) is 8.48. The number of rotatable bonds is 8. The van der Waals surface area contributed by atoms with Crippen LogP contribution in [0.5, 0.6) is 23.5 Å². The van der Waals surface area contributed by atoms with E-state index in [4.69, 9.17) is 9.47 Å². The number of aryl methyl sites for hydroxylation is 3. The van der Waals surface area contributed by atoms with Crippen molar-refractivity contribution in [1.29, 1.82) is 0 Å². The van der Waals surface area contributed by atoms with Gasteiger partial charge in [-0.15, -0.1) is 4.98 Å². The van der Waals surface area contributed by atoms with Gasteiger partial charge in [-0.25, -0.2) is 8.78 Å². The molecule has 0 aliphatic rings. The highest BCUT2D eigenvalue weighted by molar-refractivity contribution is 7.85. The van der Waals surface area contributed by atoms with Gasteiger partial charge in [-0.2, -0.15) is 9.97 Å². The first-order chi connectivity index (χ1) is 22.1. The third-order valence-corrected chi connectivity index (χ3v) is 11.1. The van der Waals surface area contributed by atoms with Gasteiger partial charge in [0.15, 0.2) is 13.0 Å². The van der Waals surface area contributed by atoms with Crippen molar-refractivity contribution in [2.45, 2.75) is 27.7 Å². The van der Waals surface area contributed by atoms with Crippen molar-refractivity contribution >= 4 is 23.1 Å². The topological polar surface area (TPSA) is 74.2 Å². The Morgan fingerprint density at radius 2 is 1.22 bits per heavy atom. The summed E-state index contributed by atoms with van der Waals surface area (Å²) < 4.78 is 60.5. The van der Waals surface area contributed by atoms with Gasteiger partial charge in [0.1, 0.15) is 23.1 Å². The van der Waals surface area contributed by atoms with Crippen molar-refractivity contribution < 1.29 is 22.8 Å². The van der Waals surface area contributed by atoms with Crippen LogP contribution in [0.1, 0.15) is 22.3 Å². The molecule has 0 saturated heterocycles. The smallest absolute Gasteiger partial charge is 0.328 e. The molecule has 9 heteroatoms. The molecule has 1 unspecified atom stereocenters. The molecule has 6 nitrogen and oxygen atoms in total. The largest absolute Gasteiger partial charge is 0.424 e. The highest BCUT2D eigenvalue weighted by atomic mass is 31.2. The van der Waals surface area contributed by atoms with E-state index in [2.05, 4.69) is 15.0 Å². The van der Waals surface area contributed by atoms with Crippen molar-refractivity contribution in [3.05, 3.63) is 143 Å². The van der Waals surface area contributed by atoms with E-state index in [0.29, 0.717) is 33.2 Å². The van der Waals surface area contributed by atoms with Gasteiger partial charge in [0.25, 0.3) is 0 Å². The maximum absolute atomic E-state index is 17.1. The summed E-state index contributed by atoms with van der Waals surface area (Å²) in [5.41, 5.74) is 2.94. The van der Waals surface area contributed by atoms with Crippen molar-refractivity contribution in [3.63, 3.8) is 0 Å². The van der Waals surface area contributed by atoms with Gasteiger partial charge in [-0.3, -0.25) is 0 Å². The average Bonchev–Trinajstić information content (AvgIpc) is 3.03. The lowest BCUT2D eigenvalue weighted by Gasteiger charge is -2.25. The maximum atomic E-state index is 17.1. The molecule has 0 amide bonds. The monoisotopic (exact) mass is 633 g/mol. The number of benzene rings is 5. The molecule has 230 valence electrons. The van der Waals surface area contributed by atoms with Crippen molar-refractivity contribution in [1.82, 2.24) is 15.0 Å². The normalized spacial score (nSPS) is 12.4. The summed E-state index contributed by atoms with van der Waals surface area (Å²) >= 11 is 0. The van der Waals surface area contributed by atoms with E-state index in [-0.39, 0.29) is 23.4 Å². The highest BCUT2D eigenvalue weighted by Crippen LogP contribution is 2.47. The van der Waals surface area contributed by atoms with Crippen LogP contribution in [0, 0.1) is 39.3 Å². The van der Waals surface area contributed by atoms with Crippen LogP contribution in [-0.4, -0.2) is 15.0 Å². The second-order valence-corrected chi connectivity index (χ2v) is 13.6. The lowest BCUT2D eigenvalue weighted by molar-refractivity contribution is 0.398. The quantitative estimate of drug-likeness (QED) is 0.157. The molecular formula is C37H30F2N3O3P. The summed E-state index contributed by atoms with van der Waals surface area (Å²) in [7, 11) is -4.14. The maximum Gasteiger partial charge on any atom is 0.328 e. The fourth-order valence-electron chi connectivity index (χ4n) is 5.35. The van der Waals surface area contributed by atoms with Crippen LogP contribution in [0.15, 0.2) is 109 Å². The molecule has 0 radical (unpaired) electrons. The fraction of sp³-hybridized carbons (Fsp3) is 0.108. The second kappa shape index (κ2) is 12.7. The summed E-state index contributed by atoms with van der Waals surface area (Å²) in [6, 6.07) is 30.3. The first-order valence-corrected chi connectivity index (χ1v) is 16.3. The summed E-state index contributed by atoms with van der Waals surface area (Å²) in [5, 5.41) is 0.145. The number of hydrogen-bond donors (Lipinski definition) is 0. The third-order valence-electron chi connectivity index (χ3n) is 7.73. The van der Waals surface area contributed by atoms with Crippen LogP contribution in [0.25, 0.3) is 11.4 Å². The predicted molar refractivity (Wildman–Crippen MR) is 177 cm³/mol. The van der Waals surface area contributed by atoms with Crippen LogP contribution < -0.4 is 25.4 Å². The molecule has 0 N–H and O–H groups in total. The SMILES string of the molecule is Cc1ccc(P(=O)(c2cccc(C)c2C)c2c(F)ccc(-c3nc(Oc4ccccc4)nc(Oc4ccccc4)n3)c2F)c(C)c1. The minimum atomic E-state index is -4.14. The third kappa shape index (κ3) is 5.92. The van der Waals surface area contributed by atoms with Gasteiger partial charge < -0.3 is 14.0 Å². The molecule has 1 heterocycles. The second-order valence-electron chi connectivity index (χ2n) is 10.9. The Bertz CT molecular complexity index is 2050. The van der Waals surface area contributed by atoms with Gasteiger partial charge >= 0.3 is 12.0 Å². The van der Waals surface area contributed by atoms with Crippen LogP contribution in [0.4, 0.5) is 8.78 Å². The Labute approximate surface area is 266 Å². The number of halogens is 2. The standard InChI is InChI=1S/C37H30F2N3O3P/c1-23-18-21-31(25(3)22-23)46(43,32-17-11-12-24(2)26(32)4)34-30(38)20-19-29(33(34)39)35-40-36(44-27-13-7-5-8-14-27)42-37(41-35)45-28-15-9-6-10-16-28/h5-22H,1-4H3. The lowest BCUT2D eigenvalue weighted by Crippen LogP contribution is -2.32. The van der Waals surface area contributed by atoms with Crippen LogP contribution >= 0.6 is 7.14 Å². The lowest BCUT2D eigenvalue weighted by atomic mass is 10.1. The Balaban J connectivity index is 1.58. The van der Waals surface area contributed by atoms with Crippen LogP contribution in [0.3, 0.4) is 0 Å². The fourth-order valence-corrected chi connectivity index (χ4v) is 8.65. The molecule has 0 fully saturated rings. The molecule has 0 saturated carbocycles. The summed E-state index contributed by atoms with van der Waals surface area (Å²) in [4.78, 5) is 13.1. The van der Waals surface area contributed by atoms with Crippen molar-refractivity contribution in [2.24, 2.45) is 0 Å². The van der Waals surface area contributed by atoms with E-state index in [1.165, 1.54) is 6.07 Å². The van der Waals surface area contributed by atoms with Crippen molar-refractivity contribution in [2.75, 3.05) is 0 Å². The number of ether oxygens (including phenoxy) is 2. The van der Waals surface area contributed by atoms with E-state index in [1.807, 2.05) is 45.0 Å².